The normalized spacial score (nSPS) is 21.9. The summed E-state index contributed by atoms with van der Waals surface area (Å²) in [6.07, 6.45) is 6.08. The van der Waals surface area contributed by atoms with E-state index in [1.165, 1.54) is 0 Å². The first-order valence-corrected chi connectivity index (χ1v) is 15.5. The second-order valence-corrected chi connectivity index (χ2v) is 12.8. The molecule has 3 saturated heterocycles. The number of pyridine rings is 1. The standard InChI is InChI=1S/C30H32FN5O3S/c31-25-26(22-8-2-6-20-5-1-7-21(15-37)24(20)22)32-14-23-27(25)34-29(35-28(23)33-13-19-16-40(38)17-19)39-18-30-9-3-11-36(30)12-4-10-30/h1-2,5-8,14,19,37H,3-4,9-13,15-18H2,(H,33,34,35). The van der Waals surface area contributed by atoms with Crippen molar-refractivity contribution >= 4 is 38.3 Å². The average molecular weight is 562 g/mol. The molecule has 5 heterocycles. The van der Waals surface area contributed by atoms with E-state index < -0.39 is 16.6 Å². The molecule has 208 valence electrons. The van der Waals surface area contributed by atoms with Crippen LogP contribution in [0.25, 0.3) is 32.9 Å². The number of ether oxygens (including phenoxy) is 1. The molecule has 0 bridgehead atoms. The molecule has 0 amide bonds. The fraction of sp³-hybridized carbons (Fsp3) is 0.433. The maximum atomic E-state index is 16.4. The van der Waals surface area contributed by atoms with Crippen molar-refractivity contribution in [2.24, 2.45) is 5.92 Å². The molecule has 40 heavy (non-hydrogen) atoms. The van der Waals surface area contributed by atoms with E-state index in [0.29, 0.717) is 47.0 Å². The Morgan fingerprint density at radius 2 is 1.90 bits per heavy atom. The summed E-state index contributed by atoms with van der Waals surface area (Å²) in [5.41, 5.74) is 1.62. The van der Waals surface area contributed by atoms with Gasteiger partial charge in [0.25, 0.3) is 0 Å². The maximum absolute atomic E-state index is 16.4. The van der Waals surface area contributed by atoms with Gasteiger partial charge in [-0.25, -0.2) is 4.39 Å². The molecule has 0 atom stereocenters. The minimum atomic E-state index is -0.754. The molecule has 8 nitrogen and oxygen atoms in total. The highest BCUT2D eigenvalue weighted by Crippen LogP contribution is 2.40. The van der Waals surface area contributed by atoms with E-state index in [0.717, 1.165) is 49.5 Å². The summed E-state index contributed by atoms with van der Waals surface area (Å²) < 4.78 is 34.3. The second-order valence-electron chi connectivity index (χ2n) is 11.2. The van der Waals surface area contributed by atoms with Gasteiger partial charge in [-0.3, -0.25) is 14.1 Å². The van der Waals surface area contributed by atoms with Crippen molar-refractivity contribution in [2.75, 3.05) is 43.1 Å². The van der Waals surface area contributed by atoms with E-state index in [1.54, 1.807) is 6.20 Å². The lowest BCUT2D eigenvalue weighted by Gasteiger charge is -2.31. The molecule has 3 aliphatic rings. The topological polar surface area (TPSA) is 100 Å². The van der Waals surface area contributed by atoms with Gasteiger partial charge in [0.2, 0.25) is 0 Å². The summed E-state index contributed by atoms with van der Waals surface area (Å²) in [7, 11) is -0.754. The lowest BCUT2D eigenvalue weighted by Crippen LogP contribution is -2.43. The summed E-state index contributed by atoms with van der Waals surface area (Å²) in [5.74, 6) is 1.51. The SMILES string of the molecule is O=S1CC(CNc2nc(OCC34CCCN3CCC4)nc3c(F)c(-c4cccc5cccc(CO)c45)ncc23)C1. The van der Waals surface area contributed by atoms with Crippen molar-refractivity contribution in [3.05, 3.63) is 54.0 Å². The highest BCUT2D eigenvalue weighted by atomic mass is 32.2. The van der Waals surface area contributed by atoms with Crippen LogP contribution in [0.1, 0.15) is 31.2 Å². The lowest BCUT2D eigenvalue weighted by molar-refractivity contribution is 0.108. The molecule has 3 aliphatic heterocycles. The lowest BCUT2D eigenvalue weighted by atomic mass is 9.95. The summed E-state index contributed by atoms with van der Waals surface area (Å²) in [5, 5.41) is 15.5. The molecule has 0 unspecified atom stereocenters. The van der Waals surface area contributed by atoms with Gasteiger partial charge in [0, 0.05) is 40.6 Å². The van der Waals surface area contributed by atoms with Gasteiger partial charge in [-0.05, 0) is 61.0 Å². The fourth-order valence-electron chi connectivity index (χ4n) is 6.67. The first-order chi connectivity index (χ1) is 19.5. The first-order valence-electron chi connectivity index (χ1n) is 14.0. The van der Waals surface area contributed by atoms with Gasteiger partial charge in [-0.1, -0.05) is 36.4 Å². The van der Waals surface area contributed by atoms with Crippen LogP contribution in [0.15, 0.2) is 42.6 Å². The molecule has 0 aliphatic carbocycles. The zero-order valence-corrected chi connectivity index (χ0v) is 23.1. The van der Waals surface area contributed by atoms with Crippen molar-refractivity contribution in [1.29, 1.82) is 0 Å². The molecule has 0 radical (unpaired) electrons. The summed E-state index contributed by atoms with van der Waals surface area (Å²) in [6.45, 7) is 3.07. The van der Waals surface area contributed by atoms with Crippen molar-refractivity contribution in [3.8, 4) is 17.3 Å². The number of rotatable bonds is 8. The second kappa shape index (κ2) is 10.3. The van der Waals surface area contributed by atoms with Gasteiger partial charge in [0.15, 0.2) is 5.82 Å². The Morgan fingerprint density at radius 3 is 2.65 bits per heavy atom. The smallest absolute Gasteiger partial charge is 0.319 e. The van der Waals surface area contributed by atoms with Crippen LogP contribution in [0.5, 0.6) is 6.01 Å². The van der Waals surface area contributed by atoms with E-state index in [4.69, 9.17) is 4.74 Å². The van der Waals surface area contributed by atoms with Gasteiger partial charge in [0.05, 0.1) is 17.5 Å². The number of fused-ring (bicyclic) bond motifs is 3. The third kappa shape index (κ3) is 4.42. The third-order valence-electron chi connectivity index (χ3n) is 8.76. The molecular formula is C30H32FN5O3S. The van der Waals surface area contributed by atoms with Gasteiger partial charge in [-0.15, -0.1) is 0 Å². The van der Waals surface area contributed by atoms with Crippen LogP contribution in [-0.2, 0) is 17.4 Å². The number of benzene rings is 2. The van der Waals surface area contributed by atoms with Crippen molar-refractivity contribution in [3.63, 3.8) is 0 Å². The molecule has 2 N–H and O–H groups in total. The van der Waals surface area contributed by atoms with Crippen LogP contribution in [0.4, 0.5) is 10.2 Å². The number of aromatic nitrogens is 3. The zero-order valence-electron chi connectivity index (χ0n) is 22.2. The van der Waals surface area contributed by atoms with Crippen molar-refractivity contribution in [2.45, 2.75) is 37.8 Å². The van der Waals surface area contributed by atoms with Gasteiger partial charge in [-0.2, -0.15) is 9.97 Å². The Balaban J connectivity index is 1.30. The van der Waals surface area contributed by atoms with Crippen LogP contribution in [0.2, 0.25) is 0 Å². The molecule has 2 aromatic carbocycles. The number of nitrogens with one attached hydrogen (secondary N) is 1. The van der Waals surface area contributed by atoms with Gasteiger partial charge >= 0.3 is 6.01 Å². The van der Waals surface area contributed by atoms with E-state index in [2.05, 4.69) is 25.2 Å². The number of hydrogen-bond donors (Lipinski definition) is 2. The molecule has 0 saturated carbocycles. The Hall–Kier alpha value is -3.21. The minimum Gasteiger partial charge on any atom is -0.461 e. The molecule has 3 fully saturated rings. The molecule has 10 heteroatoms. The van der Waals surface area contributed by atoms with Crippen LogP contribution in [0.3, 0.4) is 0 Å². The van der Waals surface area contributed by atoms with Gasteiger partial charge < -0.3 is 15.2 Å². The fourth-order valence-corrected chi connectivity index (χ4v) is 7.86. The molecular weight excluding hydrogens is 529 g/mol. The van der Waals surface area contributed by atoms with Crippen LogP contribution in [0, 0.1) is 11.7 Å². The van der Waals surface area contributed by atoms with Crippen molar-refractivity contribution in [1.82, 2.24) is 19.9 Å². The van der Waals surface area contributed by atoms with Gasteiger partial charge in [0.1, 0.15) is 23.6 Å². The number of anilines is 1. The average Bonchev–Trinajstić information content (AvgIpc) is 3.54. The predicted molar refractivity (Wildman–Crippen MR) is 154 cm³/mol. The maximum Gasteiger partial charge on any atom is 0.319 e. The number of hydrogen-bond acceptors (Lipinski definition) is 8. The third-order valence-corrected chi connectivity index (χ3v) is 10.4. The number of nitrogens with zero attached hydrogens (tertiary/aromatic N) is 4. The first kappa shape index (κ1) is 25.7. The Bertz CT molecular complexity index is 1610. The van der Waals surface area contributed by atoms with Crippen molar-refractivity contribution < 1.29 is 18.4 Å². The van der Waals surface area contributed by atoms with Crippen LogP contribution < -0.4 is 10.1 Å². The molecule has 0 spiro atoms. The Morgan fingerprint density at radius 1 is 1.12 bits per heavy atom. The summed E-state index contributed by atoms with van der Waals surface area (Å²) in [6, 6.07) is 11.4. The minimum absolute atomic E-state index is 0.00744. The van der Waals surface area contributed by atoms with E-state index in [-0.39, 0.29) is 35.3 Å². The largest absolute Gasteiger partial charge is 0.461 e. The van der Waals surface area contributed by atoms with Crippen LogP contribution in [-0.4, -0.2) is 72.5 Å². The van der Waals surface area contributed by atoms with E-state index >= 15 is 4.39 Å². The Labute approximate surface area is 234 Å². The summed E-state index contributed by atoms with van der Waals surface area (Å²) in [4.78, 5) is 16.3. The molecule has 4 aromatic rings. The number of halogens is 1. The van der Waals surface area contributed by atoms with Crippen LogP contribution >= 0.6 is 0 Å². The predicted octanol–water partition coefficient (Wildman–Crippen LogP) is 4.27. The van der Waals surface area contributed by atoms with E-state index in [1.807, 2.05) is 36.4 Å². The monoisotopic (exact) mass is 561 g/mol. The quantitative estimate of drug-likeness (QED) is 0.329. The zero-order chi connectivity index (χ0) is 27.3. The number of aliphatic hydroxyl groups excluding tert-OH is 1. The molecule has 2 aromatic heterocycles. The number of aliphatic hydroxyl groups is 1. The molecule has 7 rings (SSSR count). The Kier molecular flexibility index (Phi) is 6.64. The highest BCUT2D eigenvalue weighted by Gasteiger charge is 2.45. The highest BCUT2D eigenvalue weighted by molar-refractivity contribution is 7.86. The summed E-state index contributed by atoms with van der Waals surface area (Å²) >= 11 is 0. The van der Waals surface area contributed by atoms with E-state index in [9.17, 15) is 9.32 Å².